The lowest BCUT2D eigenvalue weighted by Crippen LogP contribution is -2.40. The Morgan fingerprint density at radius 2 is 2.42 bits per heavy atom. The van der Waals surface area contributed by atoms with Crippen LogP contribution in [0.1, 0.15) is 19.8 Å². The number of hydrogen-bond acceptors (Lipinski definition) is 2. The molecule has 70 valence electrons. The Balaban J connectivity index is 2.25. The van der Waals surface area contributed by atoms with E-state index in [1.54, 1.807) is 0 Å². The molecule has 0 aromatic heterocycles. The molecule has 3 heteroatoms. The average Bonchev–Trinajstić information content (AvgIpc) is 2.07. The summed E-state index contributed by atoms with van der Waals surface area (Å²) in [6.07, 6.45) is 2.02. The third kappa shape index (κ3) is 3.01. The van der Waals surface area contributed by atoms with Crippen molar-refractivity contribution in [1.29, 1.82) is 0 Å². The molecule has 0 bridgehead atoms. The number of carbonyl (C=O) groups excluding carboxylic acids is 1. The van der Waals surface area contributed by atoms with Crippen molar-refractivity contribution in [2.75, 3.05) is 24.1 Å². The summed E-state index contributed by atoms with van der Waals surface area (Å²) in [6.45, 7) is 5.17. The van der Waals surface area contributed by atoms with E-state index in [1.807, 2.05) is 6.92 Å². The van der Waals surface area contributed by atoms with E-state index in [1.165, 1.54) is 17.4 Å². The summed E-state index contributed by atoms with van der Waals surface area (Å²) in [4.78, 5) is 13.6. The first-order chi connectivity index (χ1) is 5.74. The number of Topliss-reactive ketones (excluding diaryl/α,β-unsaturated/α-hetero) is 1. The third-order valence-electron chi connectivity index (χ3n) is 2.36. The topological polar surface area (TPSA) is 20.3 Å². The number of hydrogen-bond donors (Lipinski definition) is 0. The van der Waals surface area contributed by atoms with Gasteiger partial charge in [-0.25, -0.2) is 0 Å². The van der Waals surface area contributed by atoms with Crippen molar-refractivity contribution >= 4 is 28.4 Å². The molecule has 0 radical (unpaired) electrons. The quantitative estimate of drug-likeness (QED) is 0.580. The van der Waals surface area contributed by atoms with Crippen LogP contribution in [0.4, 0.5) is 0 Å². The van der Waals surface area contributed by atoms with Gasteiger partial charge in [-0.05, 0) is 13.0 Å². The van der Waals surface area contributed by atoms with E-state index in [0.717, 1.165) is 19.5 Å². The van der Waals surface area contributed by atoms with Gasteiger partial charge in [0.05, 0.1) is 0 Å². The Kier molecular flexibility index (Phi) is 4.50. The van der Waals surface area contributed by atoms with Gasteiger partial charge in [0.15, 0.2) is 0 Å². The van der Waals surface area contributed by atoms with Gasteiger partial charge in [-0.15, -0.1) is 0 Å². The highest BCUT2D eigenvalue weighted by atomic mass is 127. The van der Waals surface area contributed by atoms with Crippen molar-refractivity contribution in [3.8, 4) is 0 Å². The molecule has 0 aliphatic carbocycles. The summed E-state index contributed by atoms with van der Waals surface area (Å²) in [6, 6.07) is 0. The summed E-state index contributed by atoms with van der Waals surface area (Å²) in [5.74, 6) is 0.716. The van der Waals surface area contributed by atoms with Crippen molar-refractivity contribution in [1.82, 2.24) is 4.90 Å². The summed E-state index contributed by atoms with van der Waals surface area (Å²) in [7, 11) is 0. The van der Waals surface area contributed by atoms with Gasteiger partial charge < -0.3 is 4.90 Å². The van der Waals surface area contributed by atoms with Crippen LogP contribution in [-0.2, 0) is 4.79 Å². The van der Waals surface area contributed by atoms with Crippen LogP contribution in [0.2, 0.25) is 0 Å². The highest BCUT2D eigenvalue weighted by Gasteiger charge is 2.22. The van der Waals surface area contributed by atoms with E-state index >= 15 is 0 Å². The maximum atomic E-state index is 11.2. The first-order valence-corrected chi connectivity index (χ1v) is 6.07. The maximum Gasteiger partial charge on any atom is 0.138 e. The summed E-state index contributed by atoms with van der Waals surface area (Å²) < 4.78 is 1.22. The molecular weight excluding hydrogens is 265 g/mol. The number of piperidine rings is 1. The predicted octanol–water partition coefficient (Wildman–Crippen LogP) is 1.72. The molecule has 1 fully saturated rings. The van der Waals surface area contributed by atoms with Gasteiger partial charge in [0.25, 0.3) is 0 Å². The van der Waals surface area contributed by atoms with Crippen LogP contribution in [0.15, 0.2) is 0 Å². The van der Waals surface area contributed by atoms with Crippen molar-refractivity contribution in [2.24, 2.45) is 5.92 Å². The minimum atomic E-state index is 0.271. The fraction of sp³-hybridized carbons (Fsp3) is 0.889. The first kappa shape index (κ1) is 10.4. The molecule has 1 aliphatic heterocycles. The molecule has 2 nitrogen and oxygen atoms in total. The zero-order valence-electron chi connectivity index (χ0n) is 7.55. The van der Waals surface area contributed by atoms with Gasteiger partial charge in [-0.3, -0.25) is 4.79 Å². The fourth-order valence-corrected chi connectivity index (χ4v) is 1.92. The second-order valence-corrected chi connectivity index (χ2v) is 4.54. The lowest BCUT2D eigenvalue weighted by atomic mass is 9.99. The lowest BCUT2D eigenvalue weighted by Gasteiger charge is -2.29. The number of halogens is 1. The molecule has 0 aromatic rings. The zero-order chi connectivity index (χ0) is 8.97. The molecule has 0 aromatic carbocycles. The van der Waals surface area contributed by atoms with Crippen LogP contribution in [0.5, 0.6) is 0 Å². The smallest absolute Gasteiger partial charge is 0.138 e. The standard InChI is InChI=1S/C9H16INO/c1-8-7-11(5-2-4-10)6-3-9(8)12/h8H,2-7H2,1H3. The molecular formula is C9H16INO. The van der Waals surface area contributed by atoms with Crippen molar-refractivity contribution in [2.45, 2.75) is 19.8 Å². The average molecular weight is 281 g/mol. The first-order valence-electron chi connectivity index (χ1n) is 4.55. The Hall–Kier alpha value is 0.360. The molecule has 1 unspecified atom stereocenters. The SMILES string of the molecule is CC1CN(CCCI)CCC1=O. The van der Waals surface area contributed by atoms with Gasteiger partial charge in [-0.2, -0.15) is 0 Å². The molecule has 1 heterocycles. The molecule has 0 N–H and O–H groups in total. The fourth-order valence-electron chi connectivity index (χ4n) is 1.58. The van der Waals surface area contributed by atoms with Gasteiger partial charge in [-0.1, -0.05) is 29.5 Å². The molecule has 1 rings (SSSR count). The number of alkyl halides is 1. The number of likely N-dealkylation sites (tertiary alicyclic amines) is 1. The highest BCUT2D eigenvalue weighted by molar-refractivity contribution is 14.1. The number of rotatable bonds is 3. The highest BCUT2D eigenvalue weighted by Crippen LogP contribution is 2.12. The Labute approximate surface area is 87.8 Å². The summed E-state index contributed by atoms with van der Waals surface area (Å²) in [5.41, 5.74) is 0. The Morgan fingerprint density at radius 3 is 3.00 bits per heavy atom. The second-order valence-electron chi connectivity index (χ2n) is 3.46. The number of carbonyl (C=O) groups is 1. The molecule has 1 atom stereocenters. The van der Waals surface area contributed by atoms with Crippen LogP contribution in [0, 0.1) is 5.92 Å². The summed E-state index contributed by atoms with van der Waals surface area (Å²) in [5, 5.41) is 0. The zero-order valence-corrected chi connectivity index (χ0v) is 9.71. The third-order valence-corrected chi connectivity index (χ3v) is 3.13. The Morgan fingerprint density at radius 1 is 1.67 bits per heavy atom. The van der Waals surface area contributed by atoms with E-state index in [0.29, 0.717) is 5.78 Å². The molecule has 0 spiro atoms. The molecule has 0 saturated carbocycles. The maximum absolute atomic E-state index is 11.2. The van der Waals surface area contributed by atoms with E-state index in [2.05, 4.69) is 27.5 Å². The largest absolute Gasteiger partial charge is 0.302 e. The van der Waals surface area contributed by atoms with E-state index in [9.17, 15) is 4.79 Å². The van der Waals surface area contributed by atoms with Crippen molar-refractivity contribution in [3.63, 3.8) is 0 Å². The minimum absolute atomic E-state index is 0.271. The van der Waals surface area contributed by atoms with Crippen LogP contribution >= 0.6 is 22.6 Å². The van der Waals surface area contributed by atoms with E-state index in [4.69, 9.17) is 0 Å². The normalized spacial score (nSPS) is 26.2. The minimum Gasteiger partial charge on any atom is -0.302 e. The van der Waals surface area contributed by atoms with E-state index in [-0.39, 0.29) is 5.92 Å². The molecule has 1 saturated heterocycles. The van der Waals surface area contributed by atoms with Gasteiger partial charge in [0.2, 0.25) is 0 Å². The summed E-state index contributed by atoms with van der Waals surface area (Å²) >= 11 is 2.40. The van der Waals surface area contributed by atoms with Crippen LogP contribution < -0.4 is 0 Å². The van der Waals surface area contributed by atoms with Gasteiger partial charge in [0, 0.05) is 29.9 Å². The van der Waals surface area contributed by atoms with Gasteiger partial charge in [0.1, 0.15) is 5.78 Å². The van der Waals surface area contributed by atoms with Crippen molar-refractivity contribution in [3.05, 3.63) is 0 Å². The predicted molar refractivity (Wildman–Crippen MR) is 58.7 cm³/mol. The van der Waals surface area contributed by atoms with Gasteiger partial charge >= 0.3 is 0 Å². The lowest BCUT2D eigenvalue weighted by molar-refractivity contribution is -0.125. The second kappa shape index (κ2) is 5.17. The molecule has 0 amide bonds. The van der Waals surface area contributed by atoms with Crippen LogP contribution in [0.3, 0.4) is 0 Å². The molecule has 1 aliphatic rings. The van der Waals surface area contributed by atoms with Crippen LogP contribution in [-0.4, -0.2) is 34.7 Å². The molecule has 12 heavy (non-hydrogen) atoms. The van der Waals surface area contributed by atoms with Crippen LogP contribution in [0.25, 0.3) is 0 Å². The number of ketones is 1. The van der Waals surface area contributed by atoms with E-state index < -0.39 is 0 Å². The number of nitrogens with zero attached hydrogens (tertiary/aromatic N) is 1. The van der Waals surface area contributed by atoms with Crippen molar-refractivity contribution < 1.29 is 4.79 Å². The monoisotopic (exact) mass is 281 g/mol. The Bertz CT molecular complexity index is 161.